The molecule has 17 heavy (non-hydrogen) atoms. The van der Waals surface area contributed by atoms with Crippen LogP contribution in [-0.2, 0) is 0 Å². The van der Waals surface area contributed by atoms with E-state index in [0.29, 0.717) is 12.0 Å². The van der Waals surface area contributed by atoms with Crippen LogP contribution in [0.15, 0.2) is 18.2 Å². The first-order valence-electron chi connectivity index (χ1n) is 6.61. The zero-order valence-electron chi connectivity index (χ0n) is 11.2. The van der Waals surface area contributed by atoms with Crippen molar-refractivity contribution in [1.29, 1.82) is 0 Å². The number of hydrogen-bond donors (Lipinski definition) is 1. The Balaban J connectivity index is 2.34. The Hall–Kier alpha value is -0.860. The first-order valence-corrected chi connectivity index (χ1v) is 6.61. The number of aryl methyl sites for hydroxylation is 2. The summed E-state index contributed by atoms with van der Waals surface area (Å²) in [5.41, 5.74) is 10.2. The van der Waals surface area contributed by atoms with Gasteiger partial charge in [-0.3, -0.25) is 4.90 Å². The Labute approximate surface area is 105 Å². The Morgan fingerprint density at radius 1 is 1.35 bits per heavy atom. The summed E-state index contributed by atoms with van der Waals surface area (Å²) in [4.78, 5) is 2.47. The van der Waals surface area contributed by atoms with Crippen LogP contribution in [0, 0.1) is 19.8 Å². The fraction of sp³-hybridized carbons (Fsp3) is 0.600. The van der Waals surface area contributed by atoms with Crippen molar-refractivity contribution in [3.05, 3.63) is 34.9 Å². The van der Waals surface area contributed by atoms with Crippen LogP contribution in [0.3, 0.4) is 0 Å². The van der Waals surface area contributed by atoms with Gasteiger partial charge in [0.25, 0.3) is 0 Å². The first kappa shape index (κ1) is 12.6. The number of piperidine rings is 1. The van der Waals surface area contributed by atoms with E-state index in [1.807, 2.05) is 0 Å². The third kappa shape index (κ3) is 2.53. The van der Waals surface area contributed by atoms with Crippen LogP contribution in [0.25, 0.3) is 0 Å². The van der Waals surface area contributed by atoms with Gasteiger partial charge in [0.2, 0.25) is 0 Å². The predicted octanol–water partition coefficient (Wildman–Crippen LogP) is 2.65. The summed E-state index contributed by atoms with van der Waals surface area (Å²) in [5.74, 6) is 0.607. The second-order valence-electron chi connectivity index (χ2n) is 5.42. The number of rotatable bonds is 2. The van der Waals surface area contributed by atoms with Gasteiger partial charge < -0.3 is 5.73 Å². The molecule has 2 atom stereocenters. The van der Waals surface area contributed by atoms with Crippen LogP contribution in [0.5, 0.6) is 0 Å². The number of nitrogens with zero attached hydrogens (tertiary/aromatic N) is 1. The van der Waals surface area contributed by atoms with Gasteiger partial charge in [-0.25, -0.2) is 0 Å². The standard InChI is InChI=1S/C15H24N2/c1-11-6-7-14(12(2)9-11)15-13(10-16)5-4-8-17(15)3/h6-7,9,13,15H,4-5,8,10,16H2,1-3H3/t13-,15+/m1/s1. The van der Waals surface area contributed by atoms with Crippen molar-refractivity contribution in [3.8, 4) is 0 Å². The van der Waals surface area contributed by atoms with Crippen molar-refractivity contribution in [3.63, 3.8) is 0 Å². The van der Waals surface area contributed by atoms with Gasteiger partial charge in [0.15, 0.2) is 0 Å². The maximum Gasteiger partial charge on any atom is 0.0387 e. The summed E-state index contributed by atoms with van der Waals surface area (Å²) < 4.78 is 0. The van der Waals surface area contributed by atoms with Crippen molar-refractivity contribution in [1.82, 2.24) is 4.90 Å². The molecular formula is C15H24N2. The Morgan fingerprint density at radius 3 is 2.76 bits per heavy atom. The summed E-state index contributed by atoms with van der Waals surface area (Å²) in [7, 11) is 2.23. The first-order chi connectivity index (χ1) is 8.13. The number of likely N-dealkylation sites (tertiary alicyclic amines) is 1. The highest BCUT2D eigenvalue weighted by atomic mass is 15.1. The molecule has 2 nitrogen and oxygen atoms in total. The molecular weight excluding hydrogens is 208 g/mol. The van der Waals surface area contributed by atoms with Gasteiger partial charge in [0, 0.05) is 6.04 Å². The van der Waals surface area contributed by atoms with Crippen molar-refractivity contribution < 1.29 is 0 Å². The Kier molecular flexibility index (Phi) is 3.85. The van der Waals surface area contributed by atoms with Crippen LogP contribution in [-0.4, -0.2) is 25.0 Å². The molecule has 0 radical (unpaired) electrons. The summed E-state index contributed by atoms with van der Waals surface area (Å²) in [6, 6.07) is 7.30. The molecule has 2 heteroatoms. The van der Waals surface area contributed by atoms with E-state index in [-0.39, 0.29) is 0 Å². The lowest BCUT2D eigenvalue weighted by atomic mass is 9.83. The lowest BCUT2D eigenvalue weighted by molar-refractivity contribution is 0.125. The zero-order valence-corrected chi connectivity index (χ0v) is 11.2. The van der Waals surface area contributed by atoms with Gasteiger partial charge >= 0.3 is 0 Å². The highest BCUT2D eigenvalue weighted by molar-refractivity contribution is 5.33. The second-order valence-corrected chi connectivity index (χ2v) is 5.42. The molecule has 1 aliphatic rings. The van der Waals surface area contributed by atoms with Gasteiger partial charge in [-0.1, -0.05) is 23.8 Å². The van der Waals surface area contributed by atoms with E-state index in [1.54, 1.807) is 0 Å². The van der Waals surface area contributed by atoms with Gasteiger partial charge in [0.1, 0.15) is 0 Å². The second kappa shape index (κ2) is 5.19. The molecule has 1 aliphatic heterocycles. The number of hydrogen-bond acceptors (Lipinski definition) is 2. The quantitative estimate of drug-likeness (QED) is 0.849. The summed E-state index contributed by atoms with van der Waals surface area (Å²) in [6.45, 7) is 6.36. The van der Waals surface area contributed by atoms with Gasteiger partial charge in [-0.2, -0.15) is 0 Å². The SMILES string of the molecule is Cc1ccc([C@@H]2[C@@H](CN)CCCN2C)c(C)c1. The lowest BCUT2D eigenvalue weighted by Gasteiger charge is -2.39. The topological polar surface area (TPSA) is 29.3 Å². The fourth-order valence-corrected chi connectivity index (χ4v) is 3.16. The molecule has 0 saturated carbocycles. The molecule has 0 amide bonds. The predicted molar refractivity (Wildman–Crippen MR) is 73.1 cm³/mol. The van der Waals surface area contributed by atoms with Crippen molar-refractivity contribution in [2.45, 2.75) is 32.7 Å². The molecule has 0 unspecified atom stereocenters. The Bertz CT molecular complexity index is 387. The average Bonchev–Trinajstić information content (AvgIpc) is 2.30. The van der Waals surface area contributed by atoms with Crippen molar-refractivity contribution >= 4 is 0 Å². The summed E-state index contributed by atoms with van der Waals surface area (Å²) >= 11 is 0. The zero-order chi connectivity index (χ0) is 12.4. The maximum absolute atomic E-state index is 5.95. The van der Waals surface area contributed by atoms with E-state index in [2.05, 4.69) is 44.0 Å². The largest absolute Gasteiger partial charge is 0.330 e. The van der Waals surface area contributed by atoms with Crippen molar-refractivity contribution in [2.75, 3.05) is 20.1 Å². The van der Waals surface area contributed by atoms with E-state index in [0.717, 1.165) is 6.54 Å². The third-order valence-corrected chi connectivity index (χ3v) is 4.05. The molecule has 2 rings (SSSR count). The third-order valence-electron chi connectivity index (χ3n) is 4.05. The fourth-order valence-electron chi connectivity index (χ4n) is 3.16. The minimum absolute atomic E-state index is 0.509. The van der Waals surface area contributed by atoms with E-state index in [4.69, 9.17) is 5.73 Å². The molecule has 0 bridgehead atoms. The van der Waals surface area contributed by atoms with Crippen molar-refractivity contribution in [2.24, 2.45) is 11.7 Å². The van der Waals surface area contributed by atoms with Crippen LogP contribution in [0.2, 0.25) is 0 Å². The molecule has 0 aliphatic carbocycles. The summed E-state index contributed by atoms with van der Waals surface area (Å²) in [6.07, 6.45) is 2.54. The minimum Gasteiger partial charge on any atom is -0.330 e. The number of nitrogens with two attached hydrogens (primary N) is 1. The van der Waals surface area contributed by atoms with Gasteiger partial charge in [-0.15, -0.1) is 0 Å². The maximum atomic E-state index is 5.95. The molecule has 1 heterocycles. The highest BCUT2D eigenvalue weighted by Gasteiger charge is 2.30. The molecule has 0 aromatic heterocycles. The van der Waals surface area contributed by atoms with Crippen LogP contribution in [0.1, 0.15) is 35.6 Å². The van der Waals surface area contributed by atoms with E-state index in [9.17, 15) is 0 Å². The normalized spacial score (nSPS) is 26.1. The molecule has 0 spiro atoms. The molecule has 2 N–H and O–H groups in total. The van der Waals surface area contributed by atoms with E-state index < -0.39 is 0 Å². The summed E-state index contributed by atoms with van der Waals surface area (Å²) in [5, 5.41) is 0. The Morgan fingerprint density at radius 2 is 2.12 bits per heavy atom. The van der Waals surface area contributed by atoms with E-state index >= 15 is 0 Å². The molecule has 1 aromatic carbocycles. The van der Waals surface area contributed by atoms with Crippen LogP contribution >= 0.6 is 0 Å². The number of benzene rings is 1. The average molecular weight is 232 g/mol. The van der Waals surface area contributed by atoms with Gasteiger partial charge in [-0.05, 0) is 63.9 Å². The van der Waals surface area contributed by atoms with E-state index in [1.165, 1.54) is 36.1 Å². The van der Waals surface area contributed by atoms with Crippen LogP contribution < -0.4 is 5.73 Å². The van der Waals surface area contributed by atoms with Gasteiger partial charge in [0.05, 0.1) is 0 Å². The monoisotopic (exact) mass is 232 g/mol. The smallest absolute Gasteiger partial charge is 0.0387 e. The minimum atomic E-state index is 0.509. The van der Waals surface area contributed by atoms with Crippen LogP contribution in [0.4, 0.5) is 0 Å². The molecule has 1 fully saturated rings. The highest BCUT2D eigenvalue weighted by Crippen LogP contribution is 2.35. The molecule has 1 aromatic rings. The molecule has 94 valence electrons. The molecule has 1 saturated heterocycles. The lowest BCUT2D eigenvalue weighted by Crippen LogP contribution is -2.39.